The van der Waals surface area contributed by atoms with Gasteiger partial charge in [-0.1, -0.05) is 29.6 Å². The molecule has 2 atom stereocenters. The van der Waals surface area contributed by atoms with Crippen molar-refractivity contribution in [1.29, 1.82) is 0 Å². The Bertz CT molecular complexity index is 465. The second kappa shape index (κ2) is 6.25. The largest absolute Gasteiger partial charge is 0.293 e. The zero-order valence-electron chi connectivity index (χ0n) is 11.3. The number of likely N-dealkylation sites (tertiary alicyclic amines) is 1. The van der Waals surface area contributed by atoms with Crippen LogP contribution in [0.2, 0.25) is 10.0 Å². The Morgan fingerprint density at radius 2 is 1.89 bits per heavy atom. The fourth-order valence-electron chi connectivity index (χ4n) is 2.75. The summed E-state index contributed by atoms with van der Waals surface area (Å²) in [6, 6.07) is 5.97. The number of piperidine rings is 1. The molecule has 2 nitrogen and oxygen atoms in total. The maximum absolute atomic E-state index is 12.4. The van der Waals surface area contributed by atoms with Crippen molar-refractivity contribution >= 4 is 29.0 Å². The number of nitrogens with zero attached hydrogens (tertiary/aromatic N) is 1. The number of halogens is 2. The lowest BCUT2D eigenvalue weighted by molar-refractivity contribution is 0.0734. The fourth-order valence-corrected chi connectivity index (χ4v) is 3.27. The highest BCUT2D eigenvalue weighted by molar-refractivity contribution is 6.36. The van der Waals surface area contributed by atoms with E-state index in [2.05, 4.69) is 18.7 Å². The van der Waals surface area contributed by atoms with Gasteiger partial charge in [0.2, 0.25) is 0 Å². The molecule has 1 fully saturated rings. The molecule has 1 aromatic rings. The number of hydrogen-bond donors (Lipinski definition) is 0. The van der Waals surface area contributed by atoms with Gasteiger partial charge in [0.15, 0.2) is 5.78 Å². The first-order valence-electron chi connectivity index (χ1n) is 6.73. The second-order valence-corrected chi connectivity index (χ2v) is 6.19. The smallest absolute Gasteiger partial charge is 0.178 e. The Morgan fingerprint density at radius 3 is 2.47 bits per heavy atom. The van der Waals surface area contributed by atoms with E-state index >= 15 is 0 Å². The average molecular weight is 300 g/mol. The lowest BCUT2D eigenvalue weighted by Gasteiger charge is -2.38. The maximum atomic E-state index is 12.4. The van der Waals surface area contributed by atoms with Crippen molar-refractivity contribution in [1.82, 2.24) is 4.90 Å². The van der Waals surface area contributed by atoms with Gasteiger partial charge < -0.3 is 0 Å². The third-order valence-electron chi connectivity index (χ3n) is 3.93. The quantitative estimate of drug-likeness (QED) is 0.769. The lowest BCUT2D eigenvalue weighted by atomic mass is 9.96. The molecule has 1 aromatic carbocycles. The molecule has 0 amide bonds. The van der Waals surface area contributed by atoms with Gasteiger partial charge in [0, 0.05) is 22.7 Å². The van der Waals surface area contributed by atoms with E-state index in [9.17, 15) is 4.79 Å². The minimum absolute atomic E-state index is 0.0715. The van der Waals surface area contributed by atoms with Gasteiger partial charge in [-0.05, 0) is 44.9 Å². The third-order valence-corrected chi connectivity index (χ3v) is 4.48. The van der Waals surface area contributed by atoms with Crippen molar-refractivity contribution in [2.45, 2.75) is 45.2 Å². The van der Waals surface area contributed by atoms with Gasteiger partial charge in [0.05, 0.1) is 11.6 Å². The fraction of sp³-hybridized carbons (Fsp3) is 0.533. The van der Waals surface area contributed by atoms with Crippen LogP contribution >= 0.6 is 23.2 Å². The topological polar surface area (TPSA) is 20.3 Å². The molecule has 0 radical (unpaired) electrons. The predicted octanol–water partition coefficient (Wildman–Crippen LogP) is 4.44. The van der Waals surface area contributed by atoms with Crippen molar-refractivity contribution in [3.63, 3.8) is 0 Å². The molecule has 1 saturated heterocycles. The number of carbonyl (C=O) groups is 1. The van der Waals surface area contributed by atoms with Crippen LogP contribution < -0.4 is 0 Å². The van der Waals surface area contributed by atoms with E-state index < -0.39 is 0 Å². The molecule has 104 valence electrons. The van der Waals surface area contributed by atoms with Crippen molar-refractivity contribution in [3.8, 4) is 0 Å². The average Bonchev–Trinajstić information content (AvgIpc) is 2.33. The molecule has 2 rings (SSSR count). The summed E-state index contributed by atoms with van der Waals surface area (Å²) < 4.78 is 0. The lowest BCUT2D eigenvalue weighted by Crippen LogP contribution is -2.46. The van der Waals surface area contributed by atoms with Crippen LogP contribution in [0, 0.1) is 0 Å². The molecule has 0 bridgehead atoms. The molecule has 1 heterocycles. The first-order chi connectivity index (χ1) is 8.99. The summed E-state index contributed by atoms with van der Waals surface area (Å²) in [6.45, 7) is 4.81. The van der Waals surface area contributed by atoms with E-state index in [1.165, 1.54) is 6.42 Å². The standard InChI is InChI=1S/C15H19Cl2NO/c1-10-4-3-5-11(2)18(10)9-15(19)13-7-6-12(16)8-14(13)17/h6-8,10-11H,3-5,9H2,1-2H3/t10-,11+. The number of rotatable bonds is 3. The van der Waals surface area contributed by atoms with Gasteiger partial charge in [0.1, 0.15) is 0 Å². The maximum Gasteiger partial charge on any atom is 0.178 e. The monoisotopic (exact) mass is 299 g/mol. The molecule has 0 N–H and O–H groups in total. The van der Waals surface area contributed by atoms with Gasteiger partial charge in [-0.25, -0.2) is 0 Å². The highest BCUT2D eigenvalue weighted by Crippen LogP contribution is 2.25. The molecule has 0 aliphatic carbocycles. The highest BCUT2D eigenvalue weighted by atomic mass is 35.5. The molecule has 0 spiro atoms. The van der Waals surface area contributed by atoms with E-state index in [-0.39, 0.29) is 5.78 Å². The van der Waals surface area contributed by atoms with Gasteiger partial charge in [-0.3, -0.25) is 9.69 Å². The van der Waals surface area contributed by atoms with Crippen LogP contribution in [0.25, 0.3) is 0 Å². The first-order valence-corrected chi connectivity index (χ1v) is 7.48. The summed E-state index contributed by atoms with van der Waals surface area (Å²) in [5.74, 6) is 0.0715. The van der Waals surface area contributed by atoms with Crippen LogP contribution in [-0.4, -0.2) is 29.3 Å². The summed E-state index contributed by atoms with van der Waals surface area (Å²) in [4.78, 5) is 14.6. The van der Waals surface area contributed by atoms with E-state index in [0.29, 0.717) is 34.2 Å². The number of ketones is 1. The normalized spacial score (nSPS) is 24.4. The zero-order valence-corrected chi connectivity index (χ0v) is 12.8. The first kappa shape index (κ1) is 14.8. The zero-order chi connectivity index (χ0) is 14.0. The van der Waals surface area contributed by atoms with Gasteiger partial charge in [-0.2, -0.15) is 0 Å². The van der Waals surface area contributed by atoms with Crippen LogP contribution in [0.4, 0.5) is 0 Å². The minimum Gasteiger partial charge on any atom is -0.293 e. The Labute approximate surface area is 124 Å². The third kappa shape index (κ3) is 3.50. The van der Waals surface area contributed by atoms with Crippen molar-refractivity contribution in [2.75, 3.05) is 6.54 Å². The Morgan fingerprint density at radius 1 is 1.26 bits per heavy atom. The predicted molar refractivity (Wildman–Crippen MR) is 80.3 cm³/mol. The van der Waals surface area contributed by atoms with Crippen LogP contribution in [0.3, 0.4) is 0 Å². The molecular formula is C15H19Cl2NO. The van der Waals surface area contributed by atoms with Crippen LogP contribution in [0.15, 0.2) is 18.2 Å². The van der Waals surface area contributed by atoms with Gasteiger partial charge in [0.25, 0.3) is 0 Å². The molecule has 4 heteroatoms. The molecule has 1 aliphatic rings. The molecule has 0 saturated carbocycles. The van der Waals surface area contributed by atoms with E-state index in [1.54, 1.807) is 18.2 Å². The SMILES string of the molecule is C[C@@H]1CCC[C@H](C)N1CC(=O)c1ccc(Cl)cc1Cl. The molecular weight excluding hydrogens is 281 g/mol. The second-order valence-electron chi connectivity index (χ2n) is 5.35. The minimum atomic E-state index is 0.0715. The van der Waals surface area contributed by atoms with E-state index in [1.807, 2.05) is 0 Å². The number of Topliss-reactive ketones (excluding diaryl/α,β-unsaturated/α-hetero) is 1. The van der Waals surface area contributed by atoms with Crippen LogP contribution in [-0.2, 0) is 0 Å². The number of carbonyl (C=O) groups excluding carboxylic acids is 1. The summed E-state index contributed by atoms with van der Waals surface area (Å²) in [5, 5.41) is 0.996. The molecule has 0 unspecified atom stereocenters. The Kier molecular flexibility index (Phi) is 4.88. The van der Waals surface area contributed by atoms with Crippen LogP contribution in [0.5, 0.6) is 0 Å². The molecule has 0 aromatic heterocycles. The summed E-state index contributed by atoms with van der Waals surface area (Å²) in [7, 11) is 0. The van der Waals surface area contributed by atoms with E-state index in [0.717, 1.165) is 12.8 Å². The Hall–Kier alpha value is -0.570. The van der Waals surface area contributed by atoms with Crippen molar-refractivity contribution in [2.24, 2.45) is 0 Å². The van der Waals surface area contributed by atoms with Crippen molar-refractivity contribution < 1.29 is 4.79 Å². The highest BCUT2D eigenvalue weighted by Gasteiger charge is 2.27. The van der Waals surface area contributed by atoms with Crippen LogP contribution in [0.1, 0.15) is 43.5 Å². The summed E-state index contributed by atoms with van der Waals surface area (Å²) in [6.07, 6.45) is 3.56. The van der Waals surface area contributed by atoms with Crippen molar-refractivity contribution in [3.05, 3.63) is 33.8 Å². The summed E-state index contributed by atoms with van der Waals surface area (Å²) in [5.41, 5.74) is 0.566. The molecule has 1 aliphatic heterocycles. The van der Waals surface area contributed by atoms with E-state index in [4.69, 9.17) is 23.2 Å². The Balaban J connectivity index is 2.11. The summed E-state index contributed by atoms with van der Waals surface area (Å²) >= 11 is 11.9. The van der Waals surface area contributed by atoms with Gasteiger partial charge >= 0.3 is 0 Å². The molecule has 19 heavy (non-hydrogen) atoms. The van der Waals surface area contributed by atoms with Gasteiger partial charge in [-0.15, -0.1) is 0 Å². The number of benzene rings is 1. The number of hydrogen-bond acceptors (Lipinski definition) is 2.